The molecule has 2 aromatic rings. The van der Waals surface area contributed by atoms with Crippen molar-refractivity contribution >= 4 is 35.5 Å². The summed E-state index contributed by atoms with van der Waals surface area (Å²) < 4.78 is 0. The van der Waals surface area contributed by atoms with Crippen molar-refractivity contribution in [2.24, 2.45) is 0 Å². The Morgan fingerprint density at radius 2 is 0.781 bits per heavy atom. The van der Waals surface area contributed by atoms with Gasteiger partial charge < -0.3 is 51.1 Å². The normalized spacial score (nSPS) is 6.88. The first-order valence-electron chi connectivity index (χ1n) is 7.75. The molecule has 0 aliphatic heterocycles. The largest absolute Gasteiger partial charge is 2.00 e. The number of carbonyl (C=O) groups excluding carboxylic acids is 4. The molecule has 2 aromatic heterocycles. The van der Waals surface area contributed by atoms with E-state index < -0.39 is 23.9 Å². The molecule has 0 aromatic carbocycles. The molecule has 0 spiro atoms. The number of aromatic nitrogens is 2. The minimum atomic E-state index is -1.08. The van der Waals surface area contributed by atoms with Gasteiger partial charge in [-0.1, -0.05) is 12.1 Å². The minimum Gasteiger partial charge on any atom is -0.550 e. The number of carboxylic acid groups (broad SMARTS) is 4. The number of carboxylic acids is 4. The van der Waals surface area contributed by atoms with Gasteiger partial charge in [-0.3, -0.25) is 0 Å². The third-order valence-corrected chi connectivity index (χ3v) is 1.38. The Morgan fingerprint density at radius 1 is 0.594 bits per heavy atom. The van der Waals surface area contributed by atoms with E-state index in [1.807, 2.05) is 24.3 Å². The average Bonchev–Trinajstić information content (AvgIpc) is 2.55. The van der Waals surface area contributed by atoms with Gasteiger partial charge in [0.2, 0.25) is 0 Å². The van der Waals surface area contributed by atoms with Crippen LogP contribution in [-0.2, 0) is 53.3 Å². The summed E-state index contributed by atoms with van der Waals surface area (Å²) in [7, 11) is 0. The maximum atomic E-state index is 8.89. The maximum Gasteiger partial charge on any atom is 2.00 e. The average molecular weight is 552 g/mol. The van der Waals surface area contributed by atoms with Gasteiger partial charge >= 0.3 is 34.1 Å². The van der Waals surface area contributed by atoms with E-state index in [9.17, 15) is 0 Å². The molecule has 0 fully saturated rings. The number of nitrogens with two attached hydrogens (primary N) is 2. The predicted molar refractivity (Wildman–Crippen MR) is 100 cm³/mol. The zero-order valence-corrected chi connectivity index (χ0v) is 19.4. The van der Waals surface area contributed by atoms with Gasteiger partial charge in [-0.2, -0.15) is 0 Å². The molecule has 12 nitrogen and oxygen atoms in total. The molecule has 14 heteroatoms. The standard InChI is InChI=1S/2C5H6N2.4C2H4O2.2Cu/c2*6-5-3-1-2-4-7-5;4*1-2(3)4;;/h2*1-4H,(H2,6,7);4*1H3,(H,3,4);;/q;;;;;;2*+2/p-4. The molecular weight excluding hydrogens is 527 g/mol. The second-order valence-electron chi connectivity index (χ2n) is 4.48. The Balaban J connectivity index is -0.0000000643. The van der Waals surface area contributed by atoms with Gasteiger partial charge in [0.05, 0.1) is 0 Å². The molecular formula is C18H24Cu2N4O8. The molecule has 0 atom stereocenters. The number of nitrogen functional groups attached to an aromatic ring is 2. The second-order valence-corrected chi connectivity index (χ2v) is 4.48. The molecule has 0 amide bonds. The topological polar surface area (TPSA) is 238 Å². The fraction of sp³-hybridized carbons (Fsp3) is 0.222. The number of carbonyl (C=O) groups is 4. The summed E-state index contributed by atoms with van der Waals surface area (Å²) in [6.45, 7) is 3.89. The summed E-state index contributed by atoms with van der Waals surface area (Å²) in [6, 6.07) is 10.9. The van der Waals surface area contributed by atoms with Crippen LogP contribution in [0, 0.1) is 0 Å². The third-order valence-electron chi connectivity index (χ3n) is 1.38. The van der Waals surface area contributed by atoms with Crippen LogP contribution in [-0.4, -0.2) is 33.8 Å². The quantitative estimate of drug-likeness (QED) is 0.301. The van der Waals surface area contributed by atoms with Crippen molar-refractivity contribution in [2.45, 2.75) is 27.7 Å². The predicted octanol–water partition coefficient (Wildman–Crippen LogP) is -3.65. The SMILES string of the molecule is CC(=O)[O-].CC(=O)[O-].CC(=O)[O-].CC(=O)[O-].Nc1ccccn1.Nc1ccccn1.[Cu+2].[Cu+2]. The molecule has 0 aliphatic rings. The number of anilines is 2. The zero-order chi connectivity index (χ0) is 24.5. The van der Waals surface area contributed by atoms with Gasteiger partial charge in [0.1, 0.15) is 11.6 Å². The molecule has 0 saturated carbocycles. The van der Waals surface area contributed by atoms with E-state index >= 15 is 0 Å². The summed E-state index contributed by atoms with van der Waals surface area (Å²) in [5.41, 5.74) is 10.5. The number of pyridine rings is 2. The number of hydrogen-bond donors (Lipinski definition) is 2. The molecule has 2 rings (SSSR count). The first-order chi connectivity index (χ1) is 13.7. The fourth-order valence-corrected chi connectivity index (χ4v) is 0.752. The van der Waals surface area contributed by atoms with Crippen molar-refractivity contribution in [1.82, 2.24) is 9.97 Å². The summed E-state index contributed by atoms with van der Waals surface area (Å²) in [5, 5.41) is 35.6. The number of nitrogens with zero attached hydrogens (tertiary/aromatic N) is 2. The number of aliphatic carboxylic acids is 4. The second kappa shape index (κ2) is 32.5. The third kappa shape index (κ3) is 109. The molecule has 0 saturated heterocycles. The van der Waals surface area contributed by atoms with Crippen LogP contribution >= 0.6 is 0 Å². The summed E-state index contributed by atoms with van der Waals surface area (Å²) in [4.78, 5) is 43.1. The van der Waals surface area contributed by atoms with Crippen molar-refractivity contribution < 1.29 is 73.7 Å². The van der Waals surface area contributed by atoms with E-state index in [-0.39, 0.29) is 34.1 Å². The number of hydrogen-bond acceptors (Lipinski definition) is 12. The van der Waals surface area contributed by atoms with Crippen molar-refractivity contribution in [3.63, 3.8) is 0 Å². The summed E-state index contributed by atoms with van der Waals surface area (Å²) >= 11 is 0. The van der Waals surface area contributed by atoms with Gasteiger partial charge in [0.15, 0.2) is 0 Å². The van der Waals surface area contributed by atoms with Crippen LogP contribution in [0.2, 0.25) is 0 Å². The van der Waals surface area contributed by atoms with Gasteiger partial charge in [-0.05, 0) is 52.0 Å². The Bertz CT molecular complexity index is 607. The summed E-state index contributed by atoms with van der Waals surface area (Å²) in [6.07, 6.45) is 3.32. The van der Waals surface area contributed by atoms with E-state index in [1.165, 1.54) is 0 Å². The first kappa shape index (κ1) is 42.8. The van der Waals surface area contributed by atoms with E-state index in [0.29, 0.717) is 11.6 Å². The van der Waals surface area contributed by atoms with Crippen molar-refractivity contribution in [1.29, 1.82) is 0 Å². The van der Waals surface area contributed by atoms with Gasteiger partial charge in [-0.25, -0.2) is 9.97 Å². The Labute approximate surface area is 207 Å². The smallest absolute Gasteiger partial charge is 0.550 e. The van der Waals surface area contributed by atoms with Gasteiger partial charge in [0.25, 0.3) is 0 Å². The first-order valence-corrected chi connectivity index (χ1v) is 7.75. The fourth-order valence-electron chi connectivity index (χ4n) is 0.752. The van der Waals surface area contributed by atoms with Gasteiger partial charge in [-0.15, -0.1) is 0 Å². The zero-order valence-electron chi connectivity index (χ0n) is 17.5. The maximum absolute atomic E-state index is 8.89. The van der Waals surface area contributed by atoms with Crippen molar-refractivity contribution in [3.8, 4) is 0 Å². The molecule has 0 bridgehead atoms. The molecule has 2 heterocycles. The Kier molecular flexibility index (Phi) is 43.5. The van der Waals surface area contributed by atoms with Crippen LogP contribution in [0.25, 0.3) is 0 Å². The van der Waals surface area contributed by atoms with E-state index in [2.05, 4.69) is 9.97 Å². The Hall–Kier alpha value is -3.18. The molecule has 32 heavy (non-hydrogen) atoms. The Morgan fingerprint density at radius 3 is 0.844 bits per heavy atom. The van der Waals surface area contributed by atoms with Crippen molar-refractivity contribution in [2.75, 3.05) is 11.5 Å². The monoisotopic (exact) mass is 550 g/mol. The molecule has 0 unspecified atom stereocenters. The van der Waals surface area contributed by atoms with E-state index in [4.69, 9.17) is 51.1 Å². The van der Waals surface area contributed by atoms with Crippen LogP contribution in [0.1, 0.15) is 27.7 Å². The van der Waals surface area contributed by atoms with Crippen LogP contribution in [0.15, 0.2) is 48.8 Å². The minimum absolute atomic E-state index is 0. The molecule has 2 radical (unpaired) electrons. The number of rotatable bonds is 0. The summed E-state index contributed by atoms with van der Waals surface area (Å²) in [5.74, 6) is -3.19. The van der Waals surface area contributed by atoms with Crippen LogP contribution in [0.5, 0.6) is 0 Å². The molecule has 4 N–H and O–H groups in total. The van der Waals surface area contributed by atoms with Crippen LogP contribution in [0.4, 0.5) is 11.6 Å². The van der Waals surface area contributed by atoms with Crippen molar-refractivity contribution in [3.05, 3.63) is 48.8 Å². The van der Waals surface area contributed by atoms with E-state index in [1.54, 1.807) is 24.5 Å². The van der Waals surface area contributed by atoms with Crippen LogP contribution in [0.3, 0.4) is 0 Å². The molecule has 0 aliphatic carbocycles. The van der Waals surface area contributed by atoms with Gasteiger partial charge in [0, 0.05) is 36.3 Å². The molecule has 186 valence electrons. The van der Waals surface area contributed by atoms with Crippen LogP contribution < -0.4 is 31.9 Å². The van der Waals surface area contributed by atoms with E-state index in [0.717, 1.165) is 27.7 Å².